The first-order chi connectivity index (χ1) is 7.50. The summed E-state index contributed by atoms with van der Waals surface area (Å²) in [5.74, 6) is 1.24. The molecule has 0 radical (unpaired) electrons. The molecule has 0 aliphatic carbocycles. The summed E-state index contributed by atoms with van der Waals surface area (Å²) in [7, 11) is 0. The van der Waals surface area contributed by atoms with Crippen LogP contribution in [0.2, 0.25) is 0 Å². The molecule has 0 bridgehead atoms. The molecule has 0 aliphatic rings. The van der Waals surface area contributed by atoms with Gasteiger partial charge in [0, 0.05) is 0 Å². The van der Waals surface area contributed by atoms with Gasteiger partial charge in [0.1, 0.15) is 6.33 Å². The number of rotatable bonds is 4. The SMILES string of the molecule is CCOc1ncnc(OCC)c1C(C)(C)C. The molecule has 1 rings (SSSR count). The van der Waals surface area contributed by atoms with Gasteiger partial charge in [-0.3, -0.25) is 0 Å². The predicted molar refractivity (Wildman–Crippen MR) is 63.1 cm³/mol. The van der Waals surface area contributed by atoms with Gasteiger partial charge in [-0.05, 0) is 19.3 Å². The molecule has 1 heterocycles. The highest BCUT2D eigenvalue weighted by atomic mass is 16.5. The third kappa shape index (κ3) is 2.84. The van der Waals surface area contributed by atoms with E-state index in [2.05, 4.69) is 30.7 Å². The van der Waals surface area contributed by atoms with Gasteiger partial charge in [0.25, 0.3) is 0 Å². The fourth-order valence-electron chi connectivity index (χ4n) is 1.49. The van der Waals surface area contributed by atoms with E-state index in [0.717, 1.165) is 5.56 Å². The Morgan fingerprint density at radius 1 is 1.00 bits per heavy atom. The van der Waals surface area contributed by atoms with E-state index < -0.39 is 0 Å². The molecule has 4 nitrogen and oxygen atoms in total. The van der Waals surface area contributed by atoms with Crippen LogP contribution in [0.25, 0.3) is 0 Å². The van der Waals surface area contributed by atoms with Gasteiger partial charge >= 0.3 is 0 Å². The Morgan fingerprint density at radius 3 is 1.75 bits per heavy atom. The normalized spacial score (nSPS) is 11.3. The average Bonchev–Trinajstić information content (AvgIpc) is 2.17. The molecule has 0 saturated carbocycles. The Morgan fingerprint density at radius 2 is 1.44 bits per heavy atom. The van der Waals surface area contributed by atoms with E-state index >= 15 is 0 Å². The van der Waals surface area contributed by atoms with Gasteiger partial charge in [0.2, 0.25) is 11.8 Å². The molecular weight excluding hydrogens is 204 g/mol. The number of aromatic nitrogens is 2. The van der Waals surface area contributed by atoms with Crippen molar-refractivity contribution in [3.05, 3.63) is 11.9 Å². The minimum atomic E-state index is -0.101. The van der Waals surface area contributed by atoms with Crippen molar-refractivity contribution in [3.8, 4) is 11.8 Å². The van der Waals surface area contributed by atoms with Crippen molar-refractivity contribution in [2.45, 2.75) is 40.0 Å². The largest absolute Gasteiger partial charge is 0.478 e. The highest BCUT2D eigenvalue weighted by Crippen LogP contribution is 2.35. The van der Waals surface area contributed by atoms with Crippen LogP contribution in [0.1, 0.15) is 40.2 Å². The lowest BCUT2D eigenvalue weighted by atomic mass is 9.88. The lowest BCUT2D eigenvalue weighted by Crippen LogP contribution is -2.17. The lowest BCUT2D eigenvalue weighted by Gasteiger charge is -2.23. The summed E-state index contributed by atoms with van der Waals surface area (Å²) >= 11 is 0. The van der Waals surface area contributed by atoms with Gasteiger partial charge in [-0.15, -0.1) is 0 Å². The van der Waals surface area contributed by atoms with Gasteiger partial charge in [-0.25, -0.2) is 9.97 Å². The monoisotopic (exact) mass is 224 g/mol. The topological polar surface area (TPSA) is 44.2 Å². The molecule has 16 heavy (non-hydrogen) atoms. The summed E-state index contributed by atoms with van der Waals surface area (Å²) in [5, 5.41) is 0. The molecule has 0 N–H and O–H groups in total. The standard InChI is InChI=1S/C12H20N2O2/c1-6-15-10-9(12(3,4)5)11(16-7-2)14-8-13-10/h8H,6-7H2,1-5H3. The van der Waals surface area contributed by atoms with E-state index in [9.17, 15) is 0 Å². The summed E-state index contributed by atoms with van der Waals surface area (Å²) < 4.78 is 11.0. The van der Waals surface area contributed by atoms with Gasteiger partial charge in [0.05, 0.1) is 18.8 Å². The first-order valence-electron chi connectivity index (χ1n) is 5.61. The van der Waals surface area contributed by atoms with Crippen LogP contribution < -0.4 is 9.47 Å². The smallest absolute Gasteiger partial charge is 0.224 e. The maximum Gasteiger partial charge on any atom is 0.224 e. The van der Waals surface area contributed by atoms with Crippen molar-refractivity contribution in [1.82, 2.24) is 9.97 Å². The maximum atomic E-state index is 5.52. The van der Waals surface area contributed by atoms with Crippen molar-refractivity contribution in [2.24, 2.45) is 0 Å². The summed E-state index contributed by atoms with van der Waals surface area (Å²) in [4.78, 5) is 8.33. The van der Waals surface area contributed by atoms with E-state index in [-0.39, 0.29) is 5.41 Å². The van der Waals surface area contributed by atoms with Crippen molar-refractivity contribution >= 4 is 0 Å². The second-order valence-corrected chi connectivity index (χ2v) is 4.47. The van der Waals surface area contributed by atoms with Gasteiger partial charge in [-0.2, -0.15) is 0 Å². The zero-order chi connectivity index (χ0) is 12.2. The predicted octanol–water partition coefficient (Wildman–Crippen LogP) is 2.57. The first kappa shape index (κ1) is 12.7. The van der Waals surface area contributed by atoms with Crippen molar-refractivity contribution < 1.29 is 9.47 Å². The second-order valence-electron chi connectivity index (χ2n) is 4.47. The maximum absolute atomic E-state index is 5.52. The van der Waals surface area contributed by atoms with Crippen LogP contribution in [0.5, 0.6) is 11.8 Å². The molecule has 0 amide bonds. The number of nitrogens with zero attached hydrogens (tertiary/aromatic N) is 2. The Bertz CT molecular complexity index is 321. The highest BCUT2D eigenvalue weighted by molar-refractivity contribution is 5.40. The molecule has 0 spiro atoms. The molecule has 0 aromatic carbocycles. The first-order valence-corrected chi connectivity index (χ1v) is 5.61. The molecule has 0 saturated heterocycles. The number of hydrogen-bond acceptors (Lipinski definition) is 4. The van der Waals surface area contributed by atoms with E-state index in [0.29, 0.717) is 25.0 Å². The third-order valence-electron chi connectivity index (χ3n) is 2.09. The number of hydrogen-bond donors (Lipinski definition) is 0. The van der Waals surface area contributed by atoms with Gasteiger partial charge in [-0.1, -0.05) is 20.8 Å². The molecular formula is C12H20N2O2. The summed E-state index contributed by atoms with van der Waals surface area (Å²) in [6, 6.07) is 0. The van der Waals surface area contributed by atoms with E-state index in [1.54, 1.807) is 0 Å². The van der Waals surface area contributed by atoms with Gasteiger partial charge < -0.3 is 9.47 Å². The molecule has 0 aliphatic heterocycles. The Balaban J connectivity index is 3.23. The van der Waals surface area contributed by atoms with E-state index in [4.69, 9.17) is 9.47 Å². The quantitative estimate of drug-likeness (QED) is 0.788. The van der Waals surface area contributed by atoms with E-state index in [1.165, 1.54) is 6.33 Å². The second kappa shape index (κ2) is 5.14. The van der Waals surface area contributed by atoms with Crippen molar-refractivity contribution in [2.75, 3.05) is 13.2 Å². The molecule has 1 aromatic heterocycles. The average molecular weight is 224 g/mol. The van der Waals surface area contributed by atoms with Gasteiger partial charge in [0.15, 0.2) is 0 Å². The highest BCUT2D eigenvalue weighted by Gasteiger charge is 2.26. The molecule has 0 fully saturated rings. The van der Waals surface area contributed by atoms with Crippen molar-refractivity contribution in [3.63, 3.8) is 0 Å². The lowest BCUT2D eigenvalue weighted by molar-refractivity contribution is 0.287. The van der Waals surface area contributed by atoms with Crippen LogP contribution in [0, 0.1) is 0 Å². The van der Waals surface area contributed by atoms with Crippen LogP contribution >= 0.6 is 0 Å². The van der Waals surface area contributed by atoms with Crippen molar-refractivity contribution in [1.29, 1.82) is 0 Å². The Labute approximate surface area is 97.0 Å². The van der Waals surface area contributed by atoms with Crippen LogP contribution in [-0.2, 0) is 5.41 Å². The third-order valence-corrected chi connectivity index (χ3v) is 2.09. The summed E-state index contributed by atoms with van der Waals surface area (Å²) in [6.07, 6.45) is 1.48. The number of ether oxygens (including phenoxy) is 2. The fraction of sp³-hybridized carbons (Fsp3) is 0.667. The summed E-state index contributed by atoms with van der Waals surface area (Å²) in [5.41, 5.74) is 0.828. The molecule has 1 aromatic rings. The zero-order valence-electron chi connectivity index (χ0n) is 10.7. The fourth-order valence-corrected chi connectivity index (χ4v) is 1.49. The van der Waals surface area contributed by atoms with Crippen LogP contribution in [0.15, 0.2) is 6.33 Å². The molecule has 0 unspecified atom stereocenters. The summed E-state index contributed by atoms with van der Waals surface area (Å²) in [6.45, 7) is 11.3. The Hall–Kier alpha value is -1.32. The van der Waals surface area contributed by atoms with Crippen LogP contribution in [0.4, 0.5) is 0 Å². The molecule has 0 atom stereocenters. The molecule has 4 heteroatoms. The Kier molecular flexibility index (Phi) is 4.10. The zero-order valence-corrected chi connectivity index (χ0v) is 10.7. The minimum absolute atomic E-state index is 0.101. The molecule has 90 valence electrons. The van der Waals surface area contributed by atoms with E-state index in [1.807, 2.05) is 13.8 Å². The van der Waals surface area contributed by atoms with Crippen LogP contribution in [0.3, 0.4) is 0 Å². The minimum Gasteiger partial charge on any atom is -0.478 e. The van der Waals surface area contributed by atoms with Crippen LogP contribution in [-0.4, -0.2) is 23.2 Å².